The van der Waals surface area contributed by atoms with Crippen molar-refractivity contribution in [1.29, 1.82) is 0 Å². The third-order valence-electron chi connectivity index (χ3n) is 5.36. The van der Waals surface area contributed by atoms with Crippen molar-refractivity contribution in [2.75, 3.05) is 30.3 Å². The van der Waals surface area contributed by atoms with E-state index in [1.807, 2.05) is 0 Å². The highest BCUT2D eigenvalue weighted by atomic mass is 32.2. The lowest BCUT2D eigenvalue weighted by molar-refractivity contribution is -0.139. The number of rotatable bonds is 9. The Morgan fingerprint density at radius 1 is 1.03 bits per heavy atom. The number of carbonyl (C=O) groups is 2. The van der Waals surface area contributed by atoms with E-state index >= 15 is 0 Å². The van der Waals surface area contributed by atoms with Crippen molar-refractivity contribution in [3.05, 3.63) is 53.8 Å². The van der Waals surface area contributed by atoms with Crippen LogP contribution in [0, 0.1) is 5.82 Å². The Hall–Kier alpha value is -3.34. The molecular formula is C24H30FN3O6S. The number of halogens is 1. The van der Waals surface area contributed by atoms with Gasteiger partial charge >= 0.3 is 0 Å². The molecule has 1 aliphatic rings. The van der Waals surface area contributed by atoms with Crippen LogP contribution in [0.3, 0.4) is 0 Å². The van der Waals surface area contributed by atoms with Gasteiger partial charge in [0.05, 0.1) is 11.9 Å². The minimum Gasteiger partial charge on any atom is -0.486 e. The van der Waals surface area contributed by atoms with Crippen LogP contribution in [0.1, 0.15) is 26.3 Å². The van der Waals surface area contributed by atoms with E-state index in [-0.39, 0.29) is 24.2 Å². The van der Waals surface area contributed by atoms with Crippen molar-refractivity contribution in [3.8, 4) is 11.5 Å². The van der Waals surface area contributed by atoms with Crippen molar-refractivity contribution in [2.24, 2.45) is 0 Å². The summed E-state index contributed by atoms with van der Waals surface area (Å²) in [6, 6.07) is 9.10. The molecule has 0 saturated carbocycles. The molecule has 9 nitrogen and oxygen atoms in total. The molecule has 0 saturated heterocycles. The zero-order valence-electron chi connectivity index (χ0n) is 20.2. The molecule has 1 atom stereocenters. The lowest BCUT2D eigenvalue weighted by Crippen LogP contribution is -2.52. The summed E-state index contributed by atoms with van der Waals surface area (Å²) in [5.74, 6) is -0.555. The Bertz CT molecular complexity index is 1170. The van der Waals surface area contributed by atoms with Crippen LogP contribution in [0.15, 0.2) is 42.5 Å². The minimum absolute atomic E-state index is 0.00939. The summed E-state index contributed by atoms with van der Waals surface area (Å²) in [5, 5.41) is 2.77. The summed E-state index contributed by atoms with van der Waals surface area (Å²) in [4.78, 5) is 27.5. The van der Waals surface area contributed by atoms with Gasteiger partial charge in [-0.15, -0.1) is 0 Å². The van der Waals surface area contributed by atoms with Crippen molar-refractivity contribution < 1.29 is 31.9 Å². The molecule has 190 valence electrons. The molecule has 1 aliphatic heterocycles. The minimum atomic E-state index is -3.88. The third-order valence-corrected chi connectivity index (χ3v) is 6.50. The second kappa shape index (κ2) is 10.9. The number of fused-ring (bicyclic) bond motifs is 1. The molecule has 2 amide bonds. The van der Waals surface area contributed by atoms with Crippen LogP contribution in [0.5, 0.6) is 11.5 Å². The van der Waals surface area contributed by atoms with E-state index in [1.165, 1.54) is 41.3 Å². The van der Waals surface area contributed by atoms with Gasteiger partial charge < -0.3 is 19.7 Å². The van der Waals surface area contributed by atoms with E-state index in [2.05, 4.69) is 5.32 Å². The molecule has 0 radical (unpaired) electrons. The number of sulfonamides is 1. The zero-order valence-corrected chi connectivity index (χ0v) is 21.0. The van der Waals surface area contributed by atoms with Crippen LogP contribution in [-0.2, 0) is 26.2 Å². The number of nitrogens with zero attached hydrogens (tertiary/aromatic N) is 2. The van der Waals surface area contributed by atoms with Crippen molar-refractivity contribution in [2.45, 2.75) is 39.4 Å². The first-order chi connectivity index (χ1) is 16.5. The number of anilines is 1. The van der Waals surface area contributed by atoms with E-state index in [9.17, 15) is 22.4 Å². The predicted molar refractivity (Wildman–Crippen MR) is 129 cm³/mol. The van der Waals surface area contributed by atoms with Crippen LogP contribution in [0.2, 0.25) is 0 Å². The van der Waals surface area contributed by atoms with Crippen LogP contribution in [0.25, 0.3) is 0 Å². The molecule has 35 heavy (non-hydrogen) atoms. The Balaban J connectivity index is 1.91. The average Bonchev–Trinajstić information content (AvgIpc) is 2.80. The second-order valence-corrected chi connectivity index (χ2v) is 10.5. The molecule has 11 heteroatoms. The van der Waals surface area contributed by atoms with E-state index in [1.54, 1.807) is 26.8 Å². The number of benzene rings is 2. The maximum absolute atomic E-state index is 13.5. The summed E-state index contributed by atoms with van der Waals surface area (Å²) in [6.45, 7) is 5.31. The number of ether oxygens (including phenoxy) is 2. The topological polar surface area (TPSA) is 105 Å². The maximum atomic E-state index is 13.5. The van der Waals surface area contributed by atoms with Crippen LogP contribution >= 0.6 is 0 Å². The standard InChI is InChI=1S/C24H30FN3O6S/c1-16(2)26-24(30)17(3)27(14-18-5-7-19(25)8-6-18)23(29)15-28(35(4,31)32)20-9-10-21-22(13-20)34-12-11-33-21/h5-10,13,16-17H,11-12,14-15H2,1-4H3,(H,26,30)/t17-/m1/s1. The molecular weight excluding hydrogens is 477 g/mol. The molecule has 1 heterocycles. The predicted octanol–water partition coefficient (Wildman–Crippen LogP) is 2.30. The Morgan fingerprint density at radius 2 is 1.66 bits per heavy atom. The van der Waals surface area contributed by atoms with Gasteiger partial charge in [-0.3, -0.25) is 13.9 Å². The molecule has 0 aliphatic carbocycles. The molecule has 1 N–H and O–H groups in total. The van der Waals surface area contributed by atoms with Crippen LogP contribution < -0.4 is 19.1 Å². The fourth-order valence-electron chi connectivity index (χ4n) is 3.58. The van der Waals surface area contributed by atoms with Gasteiger partial charge in [0.15, 0.2) is 11.5 Å². The number of hydrogen-bond acceptors (Lipinski definition) is 6. The SMILES string of the molecule is CC(C)NC(=O)[C@@H](C)N(Cc1ccc(F)cc1)C(=O)CN(c1ccc2c(c1)OCCO2)S(C)(=O)=O. The van der Waals surface area contributed by atoms with E-state index in [4.69, 9.17) is 9.47 Å². The van der Waals surface area contributed by atoms with Gasteiger partial charge in [0.1, 0.15) is 31.6 Å². The quantitative estimate of drug-likeness (QED) is 0.559. The summed E-state index contributed by atoms with van der Waals surface area (Å²) in [7, 11) is -3.88. The summed E-state index contributed by atoms with van der Waals surface area (Å²) in [6.07, 6.45) is 0.996. The Labute approximate surface area is 204 Å². The molecule has 0 unspecified atom stereocenters. The highest BCUT2D eigenvalue weighted by Crippen LogP contribution is 2.34. The summed E-state index contributed by atoms with van der Waals surface area (Å²) in [5.41, 5.74) is 0.820. The van der Waals surface area contributed by atoms with Crippen molar-refractivity contribution in [1.82, 2.24) is 10.2 Å². The summed E-state index contributed by atoms with van der Waals surface area (Å²) >= 11 is 0. The number of amides is 2. The molecule has 2 aromatic carbocycles. The zero-order chi connectivity index (χ0) is 25.8. The van der Waals surface area contributed by atoms with Crippen LogP contribution in [0.4, 0.5) is 10.1 Å². The Kier molecular flexibility index (Phi) is 8.21. The molecule has 0 fully saturated rings. The second-order valence-electron chi connectivity index (χ2n) is 8.58. The largest absolute Gasteiger partial charge is 0.486 e. The Morgan fingerprint density at radius 3 is 2.26 bits per heavy atom. The molecule has 0 bridgehead atoms. The van der Waals surface area contributed by atoms with E-state index in [0.717, 1.165) is 10.6 Å². The number of hydrogen-bond donors (Lipinski definition) is 1. The maximum Gasteiger partial charge on any atom is 0.244 e. The van der Waals surface area contributed by atoms with E-state index < -0.39 is 34.3 Å². The lowest BCUT2D eigenvalue weighted by Gasteiger charge is -2.32. The fourth-order valence-corrected chi connectivity index (χ4v) is 4.42. The summed E-state index contributed by atoms with van der Waals surface area (Å²) < 4.78 is 50.7. The molecule has 2 aromatic rings. The van der Waals surface area contributed by atoms with Crippen molar-refractivity contribution >= 4 is 27.5 Å². The lowest BCUT2D eigenvalue weighted by atomic mass is 10.1. The molecule has 3 rings (SSSR count). The van der Waals surface area contributed by atoms with Crippen molar-refractivity contribution in [3.63, 3.8) is 0 Å². The van der Waals surface area contributed by atoms with Gasteiger partial charge in [-0.05, 0) is 50.6 Å². The van der Waals surface area contributed by atoms with Gasteiger partial charge in [-0.1, -0.05) is 12.1 Å². The molecule has 0 aromatic heterocycles. The average molecular weight is 508 g/mol. The first-order valence-corrected chi connectivity index (χ1v) is 13.0. The fraction of sp³-hybridized carbons (Fsp3) is 0.417. The highest BCUT2D eigenvalue weighted by molar-refractivity contribution is 7.92. The monoisotopic (exact) mass is 507 g/mol. The van der Waals surface area contributed by atoms with Gasteiger partial charge in [0.25, 0.3) is 0 Å². The first-order valence-electron chi connectivity index (χ1n) is 11.2. The van der Waals surface area contributed by atoms with Gasteiger partial charge in [-0.25, -0.2) is 12.8 Å². The molecule has 0 spiro atoms. The van der Waals surface area contributed by atoms with E-state index in [0.29, 0.717) is 30.3 Å². The first kappa shape index (κ1) is 26.3. The third kappa shape index (κ3) is 6.84. The smallest absolute Gasteiger partial charge is 0.244 e. The normalized spacial score (nSPS) is 13.8. The highest BCUT2D eigenvalue weighted by Gasteiger charge is 2.31. The van der Waals surface area contributed by atoms with Gasteiger partial charge in [0.2, 0.25) is 21.8 Å². The number of carbonyl (C=O) groups excluding carboxylic acids is 2. The number of nitrogens with one attached hydrogen (secondary N) is 1. The van der Waals surface area contributed by atoms with Crippen LogP contribution in [-0.4, -0.2) is 63.2 Å². The van der Waals surface area contributed by atoms with Gasteiger partial charge in [-0.2, -0.15) is 0 Å². The van der Waals surface area contributed by atoms with Gasteiger partial charge in [0, 0.05) is 18.7 Å².